The average molecular weight is 318 g/mol. The lowest BCUT2D eigenvalue weighted by molar-refractivity contribution is 0.0714. The maximum atomic E-state index is 12.6. The van der Waals surface area contributed by atoms with E-state index in [4.69, 9.17) is 0 Å². The Hall–Kier alpha value is -1.73. The van der Waals surface area contributed by atoms with Gasteiger partial charge in [0.25, 0.3) is 5.91 Å². The topological polar surface area (TPSA) is 66.3 Å². The summed E-state index contributed by atoms with van der Waals surface area (Å²) in [4.78, 5) is 16.9. The molecule has 0 radical (unpaired) electrons. The summed E-state index contributed by atoms with van der Waals surface area (Å²) in [6, 6.07) is 0.161. The summed E-state index contributed by atoms with van der Waals surface area (Å²) >= 11 is 0. The van der Waals surface area contributed by atoms with Gasteiger partial charge >= 0.3 is 0 Å². The lowest BCUT2D eigenvalue weighted by Gasteiger charge is -2.27. The van der Waals surface area contributed by atoms with Crippen molar-refractivity contribution in [3.63, 3.8) is 0 Å². The first-order valence-electron chi connectivity index (χ1n) is 8.46. The molecule has 0 spiro atoms. The largest absolute Gasteiger partial charge is 0.327 e. The number of carbonyl (C=O) groups is 1. The number of rotatable bonds is 5. The van der Waals surface area contributed by atoms with Crippen LogP contribution in [-0.4, -0.2) is 76.0 Å². The molecule has 1 aromatic rings. The quantitative estimate of drug-likeness (QED) is 0.787. The number of amides is 1. The van der Waals surface area contributed by atoms with E-state index in [1.54, 1.807) is 10.9 Å². The Bertz CT molecular complexity index is 561. The highest BCUT2D eigenvalue weighted by molar-refractivity contribution is 5.92. The molecule has 1 aromatic heterocycles. The minimum atomic E-state index is -0.0258. The molecule has 0 aliphatic carbocycles. The second-order valence-corrected chi connectivity index (χ2v) is 6.58. The molecule has 1 fully saturated rings. The van der Waals surface area contributed by atoms with Crippen molar-refractivity contribution in [3.05, 3.63) is 24.0 Å². The number of hydrogen-bond donors (Lipinski definition) is 1. The van der Waals surface area contributed by atoms with Gasteiger partial charge in [-0.2, -0.15) is 0 Å². The highest BCUT2D eigenvalue weighted by Crippen LogP contribution is 2.19. The standard InChI is InChI=1S/C16H26N6O/c1-13(2)15-4-3-7-22(15)16(23)14-12-21(19-18-14)11-10-20-8-5-17-6-9-20/h3-4,12-13,15,17H,5-11H2,1-2H3/t15-/m0/s1. The third-order valence-corrected chi connectivity index (χ3v) is 4.55. The van der Waals surface area contributed by atoms with Crippen LogP contribution in [0.5, 0.6) is 0 Å². The number of nitrogens with zero attached hydrogens (tertiary/aromatic N) is 5. The van der Waals surface area contributed by atoms with E-state index in [1.807, 2.05) is 4.90 Å². The van der Waals surface area contributed by atoms with Gasteiger partial charge in [-0.1, -0.05) is 31.2 Å². The van der Waals surface area contributed by atoms with Gasteiger partial charge < -0.3 is 10.2 Å². The lowest BCUT2D eigenvalue weighted by Crippen LogP contribution is -2.44. The molecule has 1 amide bonds. The van der Waals surface area contributed by atoms with Crippen LogP contribution in [0.1, 0.15) is 24.3 Å². The highest BCUT2D eigenvalue weighted by Gasteiger charge is 2.29. The Morgan fingerprint density at radius 1 is 1.35 bits per heavy atom. The minimum Gasteiger partial charge on any atom is -0.327 e. The molecule has 23 heavy (non-hydrogen) atoms. The fourth-order valence-electron chi connectivity index (χ4n) is 3.17. The van der Waals surface area contributed by atoms with Gasteiger partial charge in [-0.05, 0) is 5.92 Å². The van der Waals surface area contributed by atoms with E-state index < -0.39 is 0 Å². The normalized spacial score (nSPS) is 22.2. The van der Waals surface area contributed by atoms with Crippen molar-refractivity contribution in [1.29, 1.82) is 0 Å². The molecule has 3 rings (SSSR count). The highest BCUT2D eigenvalue weighted by atomic mass is 16.2. The Balaban J connectivity index is 1.57. The fraction of sp³-hybridized carbons (Fsp3) is 0.688. The van der Waals surface area contributed by atoms with Crippen molar-refractivity contribution in [1.82, 2.24) is 30.1 Å². The SMILES string of the molecule is CC(C)[C@@H]1C=CCN1C(=O)c1cn(CCN2CCNCC2)nn1. The Morgan fingerprint density at radius 2 is 2.13 bits per heavy atom. The molecule has 2 aliphatic heterocycles. The van der Waals surface area contributed by atoms with Crippen molar-refractivity contribution in [2.24, 2.45) is 5.92 Å². The summed E-state index contributed by atoms with van der Waals surface area (Å²) in [6.45, 7) is 10.8. The van der Waals surface area contributed by atoms with E-state index in [9.17, 15) is 4.79 Å². The van der Waals surface area contributed by atoms with E-state index in [2.05, 4.69) is 46.5 Å². The second kappa shape index (κ2) is 7.23. The summed E-state index contributed by atoms with van der Waals surface area (Å²) in [7, 11) is 0. The van der Waals surface area contributed by atoms with Gasteiger partial charge in [-0.15, -0.1) is 5.10 Å². The molecule has 7 nitrogen and oxygen atoms in total. The van der Waals surface area contributed by atoms with Gasteiger partial charge in [0, 0.05) is 39.3 Å². The number of nitrogens with one attached hydrogen (secondary N) is 1. The van der Waals surface area contributed by atoms with Crippen LogP contribution in [0.4, 0.5) is 0 Å². The predicted octanol–water partition coefficient (Wildman–Crippen LogP) is 0.220. The van der Waals surface area contributed by atoms with Crippen molar-refractivity contribution in [2.75, 3.05) is 39.3 Å². The first-order valence-corrected chi connectivity index (χ1v) is 8.46. The van der Waals surface area contributed by atoms with Crippen LogP contribution < -0.4 is 5.32 Å². The number of hydrogen-bond acceptors (Lipinski definition) is 5. The van der Waals surface area contributed by atoms with Crippen molar-refractivity contribution >= 4 is 5.91 Å². The van der Waals surface area contributed by atoms with E-state index in [0.29, 0.717) is 18.2 Å². The zero-order chi connectivity index (χ0) is 16.2. The summed E-state index contributed by atoms with van der Waals surface area (Å²) in [5.41, 5.74) is 0.444. The predicted molar refractivity (Wildman–Crippen MR) is 88.1 cm³/mol. The van der Waals surface area contributed by atoms with Crippen LogP contribution in [0.3, 0.4) is 0 Å². The summed E-state index contributed by atoms with van der Waals surface area (Å²) in [5.74, 6) is 0.377. The summed E-state index contributed by atoms with van der Waals surface area (Å²) < 4.78 is 1.78. The number of piperazine rings is 1. The zero-order valence-electron chi connectivity index (χ0n) is 14.0. The third-order valence-electron chi connectivity index (χ3n) is 4.55. The van der Waals surface area contributed by atoms with E-state index in [1.165, 1.54) is 0 Å². The lowest BCUT2D eigenvalue weighted by atomic mass is 10.0. The van der Waals surface area contributed by atoms with Crippen LogP contribution in [0, 0.1) is 5.92 Å². The minimum absolute atomic E-state index is 0.0258. The first kappa shape index (κ1) is 16.1. The molecule has 0 aromatic carbocycles. The molecule has 3 heterocycles. The van der Waals surface area contributed by atoms with Crippen molar-refractivity contribution < 1.29 is 4.79 Å². The molecule has 1 atom stereocenters. The Labute approximate surface area is 137 Å². The molecule has 1 N–H and O–H groups in total. The Kier molecular flexibility index (Phi) is 5.07. The van der Waals surface area contributed by atoms with Gasteiger partial charge in [0.05, 0.1) is 18.8 Å². The molecular formula is C16H26N6O. The van der Waals surface area contributed by atoms with Crippen LogP contribution in [0.15, 0.2) is 18.3 Å². The summed E-state index contributed by atoms with van der Waals surface area (Å²) in [6.07, 6.45) is 5.94. The van der Waals surface area contributed by atoms with Gasteiger partial charge in [0.2, 0.25) is 0 Å². The Morgan fingerprint density at radius 3 is 2.87 bits per heavy atom. The van der Waals surface area contributed by atoms with E-state index >= 15 is 0 Å². The van der Waals surface area contributed by atoms with Gasteiger partial charge in [-0.25, -0.2) is 0 Å². The van der Waals surface area contributed by atoms with Gasteiger partial charge in [-0.3, -0.25) is 14.4 Å². The molecule has 2 aliphatic rings. The molecule has 126 valence electrons. The van der Waals surface area contributed by atoms with E-state index in [-0.39, 0.29) is 11.9 Å². The van der Waals surface area contributed by atoms with Crippen LogP contribution >= 0.6 is 0 Å². The maximum absolute atomic E-state index is 12.6. The third kappa shape index (κ3) is 3.79. The zero-order valence-corrected chi connectivity index (χ0v) is 14.0. The molecule has 0 bridgehead atoms. The molecule has 0 unspecified atom stereocenters. The molecule has 0 saturated carbocycles. The van der Waals surface area contributed by atoms with Crippen LogP contribution in [0.25, 0.3) is 0 Å². The van der Waals surface area contributed by atoms with Gasteiger partial charge in [0.1, 0.15) is 0 Å². The van der Waals surface area contributed by atoms with Crippen LogP contribution in [-0.2, 0) is 6.54 Å². The second-order valence-electron chi connectivity index (χ2n) is 6.58. The molecule has 7 heteroatoms. The smallest absolute Gasteiger partial charge is 0.276 e. The molecular weight excluding hydrogens is 292 g/mol. The number of aromatic nitrogens is 3. The van der Waals surface area contributed by atoms with Crippen LogP contribution in [0.2, 0.25) is 0 Å². The molecule has 1 saturated heterocycles. The number of carbonyl (C=O) groups excluding carboxylic acids is 1. The first-order chi connectivity index (χ1) is 11.1. The average Bonchev–Trinajstić information content (AvgIpc) is 3.22. The fourth-order valence-corrected chi connectivity index (χ4v) is 3.17. The van der Waals surface area contributed by atoms with E-state index in [0.717, 1.165) is 39.3 Å². The van der Waals surface area contributed by atoms with Crippen molar-refractivity contribution in [2.45, 2.75) is 26.4 Å². The monoisotopic (exact) mass is 318 g/mol. The van der Waals surface area contributed by atoms with Gasteiger partial charge in [0.15, 0.2) is 5.69 Å². The maximum Gasteiger partial charge on any atom is 0.276 e. The summed E-state index contributed by atoms with van der Waals surface area (Å²) in [5, 5.41) is 11.5. The van der Waals surface area contributed by atoms with Crippen molar-refractivity contribution in [3.8, 4) is 0 Å².